The van der Waals surface area contributed by atoms with Crippen LogP contribution in [0, 0.1) is 19.8 Å². The third-order valence-corrected chi connectivity index (χ3v) is 4.77. The lowest BCUT2D eigenvalue weighted by Crippen LogP contribution is -2.28. The van der Waals surface area contributed by atoms with Crippen molar-refractivity contribution in [1.82, 2.24) is 15.1 Å². The van der Waals surface area contributed by atoms with Crippen LogP contribution in [0.1, 0.15) is 46.9 Å². The van der Waals surface area contributed by atoms with Gasteiger partial charge in [-0.1, -0.05) is 6.07 Å². The Hall–Kier alpha value is -2.50. The number of benzene rings is 1. The summed E-state index contributed by atoms with van der Waals surface area (Å²) in [5, 5.41) is 9.27. The van der Waals surface area contributed by atoms with Gasteiger partial charge in [-0.05, 0) is 57.2 Å². The average molecular weight is 342 g/mol. The van der Waals surface area contributed by atoms with Gasteiger partial charge in [0.2, 0.25) is 0 Å². The number of aryl methyl sites for hydroxylation is 1. The van der Waals surface area contributed by atoms with Crippen molar-refractivity contribution < 1.29 is 4.79 Å². The SMILES string of the molecule is CCNc1cccc(C(=O)NCc2c(C)[nH]n(CC3CC3)c2=O)c1C. The van der Waals surface area contributed by atoms with Crippen LogP contribution in [0.2, 0.25) is 0 Å². The van der Waals surface area contributed by atoms with Crippen LogP contribution in [-0.2, 0) is 13.1 Å². The smallest absolute Gasteiger partial charge is 0.271 e. The maximum atomic E-state index is 12.6. The van der Waals surface area contributed by atoms with Gasteiger partial charge < -0.3 is 10.6 Å². The van der Waals surface area contributed by atoms with Crippen molar-refractivity contribution in [3.8, 4) is 0 Å². The molecule has 1 aliphatic rings. The fourth-order valence-corrected chi connectivity index (χ4v) is 3.07. The van der Waals surface area contributed by atoms with E-state index in [-0.39, 0.29) is 18.0 Å². The number of hydrogen-bond donors (Lipinski definition) is 3. The minimum Gasteiger partial charge on any atom is -0.385 e. The van der Waals surface area contributed by atoms with Gasteiger partial charge in [-0.2, -0.15) is 0 Å². The summed E-state index contributed by atoms with van der Waals surface area (Å²) < 4.78 is 1.67. The minimum atomic E-state index is -0.161. The summed E-state index contributed by atoms with van der Waals surface area (Å²) in [4.78, 5) is 25.0. The number of aromatic amines is 1. The first kappa shape index (κ1) is 17.3. The number of anilines is 1. The second-order valence-electron chi connectivity index (χ2n) is 6.77. The highest BCUT2D eigenvalue weighted by atomic mass is 16.2. The van der Waals surface area contributed by atoms with Crippen molar-refractivity contribution >= 4 is 11.6 Å². The summed E-state index contributed by atoms with van der Waals surface area (Å²) in [5.41, 5.74) is 3.94. The van der Waals surface area contributed by atoms with E-state index in [2.05, 4.69) is 15.7 Å². The van der Waals surface area contributed by atoms with Crippen molar-refractivity contribution in [2.75, 3.05) is 11.9 Å². The molecular formula is C19H26N4O2. The summed E-state index contributed by atoms with van der Waals surface area (Å²) in [6, 6.07) is 5.63. The highest BCUT2D eigenvalue weighted by Gasteiger charge is 2.24. The molecule has 134 valence electrons. The molecule has 1 fully saturated rings. The topological polar surface area (TPSA) is 78.9 Å². The second-order valence-corrected chi connectivity index (χ2v) is 6.77. The molecule has 25 heavy (non-hydrogen) atoms. The molecule has 1 heterocycles. The first-order valence-electron chi connectivity index (χ1n) is 8.91. The molecule has 3 rings (SSSR count). The Morgan fingerprint density at radius 2 is 2.08 bits per heavy atom. The van der Waals surface area contributed by atoms with E-state index >= 15 is 0 Å². The largest absolute Gasteiger partial charge is 0.385 e. The standard InChI is InChI=1S/C19H26N4O2/c1-4-20-17-7-5-6-15(12(17)2)18(24)21-10-16-13(3)22-23(19(16)25)11-14-8-9-14/h5-7,14,20,22H,4,8-11H2,1-3H3,(H,21,24). The Balaban J connectivity index is 1.71. The van der Waals surface area contributed by atoms with E-state index in [1.165, 1.54) is 12.8 Å². The Labute approximate surface area is 147 Å². The predicted molar refractivity (Wildman–Crippen MR) is 99.0 cm³/mol. The molecule has 0 saturated heterocycles. The van der Waals surface area contributed by atoms with E-state index < -0.39 is 0 Å². The summed E-state index contributed by atoms with van der Waals surface area (Å²) >= 11 is 0. The van der Waals surface area contributed by atoms with Gasteiger partial charge >= 0.3 is 0 Å². The Bertz CT molecular complexity index is 830. The molecule has 6 nitrogen and oxygen atoms in total. The van der Waals surface area contributed by atoms with Crippen molar-refractivity contribution in [2.24, 2.45) is 5.92 Å². The Kier molecular flexibility index (Phi) is 4.97. The van der Waals surface area contributed by atoms with Gasteiger partial charge in [-0.15, -0.1) is 0 Å². The van der Waals surface area contributed by atoms with Crippen molar-refractivity contribution in [2.45, 2.75) is 46.7 Å². The van der Waals surface area contributed by atoms with Crippen LogP contribution < -0.4 is 16.2 Å². The van der Waals surface area contributed by atoms with Crippen LogP contribution in [0.3, 0.4) is 0 Å². The quantitative estimate of drug-likeness (QED) is 0.723. The molecule has 3 N–H and O–H groups in total. The van der Waals surface area contributed by atoms with Gasteiger partial charge in [0, 0.05) is 30.0 Å². The van der Waals surface area contributed by atoms with Crippen LogP contribution in [0.4, 0.5) is 5.69 Å². The van der Waals surface area contributed by atoms with Gasteiger partial charge in [-0.25, -0.2) is 0 Å². The fraction of sp³-hybridized carbons (Fsp3) is 0.474. The number of hydrogen-bond acceptors (Lipinski definition) is 3. The molecule has 6 heteroatoms. The molecule has 1 amide bonds. The highest BCUT2D eigenvalue weighted by Crippen LogP contribution is 2.30. The zero-order valence-electron chi connectivity index (χ0n) is 15.1. The molecule has 2 aromatic rings. The van der Waals surface area contributed by atoms with E-state index in [9.17, 15) is 9.59 Å². The van der Waals surface area contributed by atoms with E-state index in [0.29, 0.717) is 17.0 Å². The summed E-state index contributed by atoms with van der Waals surface area (Å²) in [6.45, 7) is 7.61. The molecule has 1 aliphatic carbocycles. The van der Waals surface area contributed by atoms with Crippen molar-refractivity contribution in [3.63, 3.8) is 0 Å². The lowest BCUT2D eigenvalue weighted by molar-refractivity contribution is 0.0950. The van der Waals surface area contributed by atoms with Crippen molar-refractivity contribution in [1.29, 1.82) is 0 Å². The van der Waals surface area contributed by atoms with Crippen LogP contribution in [0.5, 0.6) is 0 Å². The first-order chi connectivity index (χ1) is 12.0. The molecule has 0 aliphatic heterocycles. The lowest BCUT2D eigenvalue weighted by Gasteiger charge is -2.12. The molecule has 0 radical (unpaired) electrons. The van der Waals surface area contributed by atoms with E-state index in [1.54, 1.807) is 10.7 Å². The van der Waals surface area contributed by atoms with Crippen LogP contribution in [-0.4, -0.2) is 22.2 Å². The Morgan fingerprint density at radius 1 is 1.32 bits per heavy atom. The number of carbonyl (C=O) groups excluding carboxylic acids is 1. The van der Waals surface area contributed by atoms with Gasteiger partial charge in [0.15, 0.2) is 0 Å². The van der Waals surface area contributed by atoms with Gasteiger partial charge in [-0.3, -0.25) is 19.4 Å². The molecular weight excluding hydrogens is 316 g/mol. The number of carbonyl (C=O) groups is 1. The summed E-state index contributed by atoms with van der Waals surface area (Å²) in [6.07, 6.45) is 2.38. The van der Waals surface area contributed by atoms with Crippen LogP contribution >= 0.6 is 0 Å². The zero-order chi connectivity index (χ0) is 18.0. The minimum absolute atomic E-state index is 0.0252. The molecule has 0 atom stereocenters. The molecule has 0 spiro atoms. The maximum Gasteiger partial charge on any atom is 0.271 e. The summed E-state index contributed by atoms with van der Waals surface area (Å²) in [7, 11) is 0. The number of aromatic nitrogens is 2. The molecule has 1 saturated carbocycles. The fourth-order valence-electron chi connectivity index (χ4n) is 3.07. The number of nitrogens with one attached hydrogen (secondary N) is 3. The molecule has 1 aromatic carbocycles. The molecule has 0 bridgehead atoms. The second kappa shape index (κ2) is 7.17. The average Bonchev–Trinajstić information content (AvgIpc) is 3.35. The Morgan fingerprint density at radius 3 is 2.76 bits per heavy atom. The zero-order valence-corrected chi connectivity index (χ0v) is 15.1. The van der Waals surface area contributed by atoms with Gasteiger partial charge in [0.05, 0.1) is 12.1 Å². The van der Waals surface area contributed by atoms with E-state index in [0.717, 1.165) is 30.0 Å². The summed E-state index contributed by atoms with van der Waals surface area (Å²) in [5.74, 6) is 0.459. The third-order valence-electron chi connectivity index (χ3n) is 4.77. The number of nitrogens with zero attached hydrogens (tertiary/aromatic N) is 1. The van der Waals surface area contributed by atoms with E-state index in [1.807, 2.05) is 32.9 Å². The maximum absolute atomic E-state index is 12.6. The number of amides is 1. The number of rotatable bonds is 7. The lowest BCUT2D eigenvalue weighted by atomic mass is 10.1. The normalized spacial score (nSPS) is 13.7. The molecule has 1 aromatic heterocycles. The first-order valence-corrected chi connectivity index (χ1v) is 8.91. The number of H-pyrrole nitrogens is 1. The van der Waals surface area contributed by atoms with Crippen LogP contribution in [0.25, 0.3) is 0 Å². The highest BCUT2D eigenvalue weighted by molar-refractivity contribution is 5.97. The monoisotopic (exact) mass is 342 g/mol. The van der Waals surface area contributed by atoms with E-state index in [4.69, 9.17) is 0 Å². The third kappa shape index (κ3) is 3.78. The molecule has 0 unspecified atom stereocenters. The van der Waals surface area contributed by atoms with Crippen molar-refractivity contribution in [3.05, 3.63) is 50.9 Å². The van der Waals surface area contributed by atoms with Crippen LogP contribution in [0.15, 0.2) is 23.0 Å². The predicted octanol–water partition coefficient (Wildman–Crippen LogP) is 2.57. The van der Waals surface area contributed by atoms with Gasteiger partial charge in [0.1, 0.15) is 0 Å². The van der Waals surface area contributed by atoms with Gasteiger partial charge in [0.25, 0.3) is 11.5 Å².